The number of aromatic nitrogens is 4. The predicted molar refractivity (Wildman–Crippen MR) is 163 cm³/mol. The van der Waals surface area contributed by atoms with Gasteiger partial charge in [-0.15, -0.1) is 10.2 Å². The van der Waals surface area contributed by atoms with E-state index in [4.69, 9.17) is 4.99 Å². The van der Waals surface area contributed by atoms with Gasteiger partial charge in [0.15, 0.2) is 5.82 Å². The Balaban J connectivity index is 1.48. The highest BCUT2D eigenvalue weighted by molar-refractivity contribution is 6.46. The second-order valence-electron chi connectivity index (χ2n) is 13.5. The fourth-order valence-electron chi connectivity index (χ4n) is 6.38. The number of benzene rings is 2. The van der Waals surface area contributed by atoms with Crippen molar-refractivity contribution in [3.8, 4) is 0 Å². The Morgan fingerprint density at radius 2 is 1.86 bits per heavy atom. The molecule has 2 heterocycles. The third-order valence-corrected chi connectivity index (χ3v) is 8.89. The van der Waals surface area contributed by atoms with Crippen molar-refractivity contribution in [2.45, 2.75) is 91.4 Å². The first kappa shape index (κ1) is 30.5. The minimum absolute atomic E-state index is 0.0463. The fourth-order valence-corrected chi connectivity index (χ4v) is 6.38. The second-order valence-corrected chi connectivity index (χ2v) is 13.5. The van der Waals surface area contributed by atoms with Gasteiger partial charge in [-0.25, -0.2) is 4.39 Å². The highest BCUT2D eigenvalue weighted by Crippen LogP contribution is 2.48. The van der Waals surface area contributed by atoms with Crippen LogP contribution in [0.1, 0.15) is 106 Å². The highest BCUT2D eigenvalue weighted by Gasteiger charge is 2.52. The molecule has 1 aromatic heterocycles. The minimum atomic E-state index is -0.687. The number of H-pyrrole nitrogens is 1. The molecule has 2 N–H and O–H groups in total. The number of hydrogen-bond donors (Lipinski definition) is 2. The molecule has 1 spiro atoms. The SMILES string of the molecule is CC(C)C1CCC2(CC1)N=C(c1cccc(F)c1)C(=O)N2[C@H](CCC(C)(C)C)c1ccc(C(=O)NCc2nn[nH]n2)cc1. The maximum Gasteiger partial charge on any atom is 0.275 e. The number of carbonyl (C=O) groups is 2. The molecule has 2 aromatic carbocycles. The Bertz CT molecular complexity index is 1450. The van der Waals surface area contributed by atoms with Crippen LogP contribution in [0, 0.1) is 23.1 Å². The Hall–Kier alpha value is -3.95. The van der Waals surface area contributed by atoms with E-state index in [0.29, 0.717) is 34.5 Å². The molecular formula is C33H42FN7O2. The molecule has 1 atom stereocenters. The number of halogens is 1. The lowest BCUT2D eigenvalue weighted by atomic mass is 9.75. The average molecular weight is 588 g/mol. The van der Waals surface area contributed by atoms with Gasteiger partial charge in [0.25, 0.3) is 11.8 Å². The number of carbonyl (C=O) groups excluding carboxylic acids is 2. The summed E-state index contributed by atoms with van der Waals surface area (Å²) in [6.45, 7) is 11.3. The van der Waals surface area contributed by atoms with Gasteiger partial charge in [0.2, 0.25) is 0 Å². The molecule has 43 heavy (non-hydrogen) atoms. The molecule has 2 aliphatic rings. The van der Waals surface area contributed by atoms with E-state index in [2.05, 4.69) is 60.6 Å². The number of aromatic amines is 1. The fraction of sp³-hybridized carbons (Fsp3) is 0.515. The largest absolute Gasteiger partial charge is 0.345 e. The molecule has 1 saturated carbocycles. The van der Waals surface area contributed by atoms with Gasteiger partial charge in [-0.2, -0.15) is 5.21 Å². The summed E-state index contributed by atoms with van der Waals surface area (Å²) in [5, 5.41) is 16.4. The van der Waals surface area contributed by atoms with Gasteiger partial charge in [0, 0.05) is 11.1 Å². The first-order chi connectivity index (χ1) is 20.5. The molecule has 5 rings (SSSR count). The van der Waals surface area contributed by atoms with Gasteiger partial charge in [-0.3, -0.25) is 14.6 Å². The maximum atomic E-state index is 14.4. The van der Waals surface area contributed by atoms with E-state index in [-0.39, 0.29) is 35.6 Å². The van der Waals surface area contributed by atoms with Crippen LogP contribution >= 0.6 is 0 Å². The van der Waals surface area contributed by atoms with Crippen molar-refractivity contribution in [2.24, 2.45) is 22.2 Å². The standard InChI is InChI=1S/C33H42FN7O2/c1-21(2)22-13-17-33(18-14-22)36-29(25-7-6-8-26(34)19-25)31(43)41(33)27(15-16-32(3,4)5)23-9-11-24(12-10-23)30(42)35-20-28-37-39-40-38-28/h6-12,19,21-22,27H,13-18,20H2,1-5H3,(H,35,42)(H,37,38,39,40)/t22?,27-,33?/m1/s1. The van der Waals surface area contributed by atoms with Crippen LogP contribution in [0.5, 0.6) is 0 Å². The first-order valence-electron chi connectivity index (χ1n) is 15.3. The van der Waals surface area contributed by atoms with Crippen LogP contribution in [0.15, 0.2) is 53.5 Å². The summed E-state index contributed by atoms with van der Waals surface area (Å²) in [7, 11) is 0. The minimum Gasteiger partial charge on any atom is -0.345 e. The molecule has 9 nitrogen and oxygen atoms in total. The van der Waals surface area contributed by atoms with Crippen molar-refractivity contribution in [1.29, 1.82) is 0 Å². The lowest BCUT2D eigenvalue weighted by Gasteiger charge is -2.46. The number of nitrogens with one attached hydrogen (secondary N) is 2. The summed E-state index contributed by atoms with van der Waals surface area (Å²) >= 11 is 0. The Morgan fingerprint density at radius 1 is 1.14 bits per heavy atom. The molecule has 0 radical (unpaired) electrons. The molecule has 1 aliphatic heterocycles. The first-order valence-corrected chi connectivity index (χ1v) is 15.3. The molecule has 2 amide bonds. The zero-order valence-corrected chi connectivity index (χ0v) is 25.7. The lowest BCUT2D eigenvalue weighted by Crippen LogP contribution is -2.51. The predicted octanol–water partition coefficient (Wildman–Crippen LogP) is 6.01. The summed E-state index contributed by atoms with van der Waals surface area (Å²) in [6.07, 6.45) is 5.11. The van der Waals surface area contributed by atoms with Gasteiger partial charge >= 0.3 is 0 Å². The van der Waals surface area contributed by atoms with Gasteiger partial charge in [0.05, 0.1) is 12.6 Å². The number of hydrogen-bond acceptors (Lipinski definition) is 6. The molecule has 228 valence electrons. The van der Waals surface area contributed by atoms with Crippen LogP contribution < -0.4 is 5.32 Å². The second kappa shape index (κ2) is 12.3. The maximum absolute atomic E-state index is 14.4. The van der Waals surface area contributed by atoms with Crippen molar-refractivity contribution in [3.05, 3.63) is 76.9 Å². The van der Waals surface area contributed by atoms with Gasteiger partial charge in [-0.1, -0.05) is 64.1 Å². The number of aliphatic imine (C=N–C) groups is 1. The van der Waals surface area contributed by atoms with Crippen molar-refractivity contribution in [3.63, 3.8) is 0 Å². The van der Waals surface area contributed by atoms with E-state index in [0.717, 1.165) is 44.1 Å². The summed E-state index contributed by atoms with van der Waals surface area (Å²) < 4.78 is 14.3. The smallest absolute Gasteiger partial charge is 0.275 e. The average Bonchev–Trinajstić information content (AvgIpc) is 3.59. The quantitative estimate of drug-likeness (QED) is 0.318. The van der Waals surface area contributed by atoms with E-state index in [9.17, 15) is 14.0 Å². The topological polar surface area (TPSA) is 116 Å². The van der Waals surface area contributed by atoms with Crippen molar-refractivity contribution < 1.29 is 14.0 Å². The number of rotatable bonds is 9. The molecule has 1 aliphatic carbocycles. The Kier molecular flexibility index (Phi) is 8.76. The third-order valence-electron chi connectivity index (χ3n) is 8.89. The zero-order chi connectivity index (χ0) is 30.8. The Labute approximate surface area is 252 Å². The van der Waals surface area contributed by atoms with E-state index in [1.165, 1.54) is 12.1 Å². The van der Waals surface area contributed by atoms with E-state index in [1.807, 2.05) is 17.0 Å². The zero-order valence-electron chi connectivity index (χ0n) is 25.7. The molecule has 0 saturated heterocycles. The molecule has 0 bridgehead atoms. The highest BCUT2D eigenvalue weighted by atomic mass is 19.1. The summed E-state index contributed by atoms with van der Waals surface area (Å²) in [6, 6.07) is 13.4. The number of tetrazole rings is 1. The van der Waals surface area contributed by atoms with E-state index < -0.39 is 5.66 Å². The van der Waals surface area contributed by atoms with Crippen molar-refractivity contribution in [1.82, 2.24) is 30.8 Å². The van der Waals surface area contributed by atoms with Crippen LogP contribution in [-0.2, 0) is 11.3 Å². The van der Waals surface area contributed by atoms with Crippen LogP contribution in [0.4, 0.5) is 4.39 Å². The monoisotopic (exact) mass is 587 g/mol. The molecule has 0 unspecified atom stereocenters. The Morgan fingerprint density at radius 3 is 2.47 bits per heavy atom. The molecule has 3 aromatic rings. The summed E-state index contributed by atoms with van der Waals surface area (Å²) in [5.41, 5.74) is 1.66. The van der Waals surface area contributed by atoms with Gasteiger partial charge < -0.3 is 10.2 Å². The molecule has 10 heteroatoms. The van der Waals surface area contributed by atoms with Crippen LogP contribution in [0.3, 0.4) is 0 Å². The normalized spacial score (nSPS) is 21.4. The van der Waals surface area contributed by atoms with Crippen molar-refractivity contribution in [2.75, 3.05) is 0 Å². The molecular weight excluding hydrogens is 545 g/mol. The van der Waals surface area contributed by atoms with Gasteiger partial charge in [0.1, 0.15) is 17.2 Å². The summed E-state index contributed by atoms with van der Waals surface area (Å²) in [4.78, 5) is 34.4. The van der Waals surface area contributed by atoms with E-state index >= 15 is 0 Å². The van der Waals surface area contributed by atoms with E-state index in [1.54, 1.807) is 24.3 Å². The van der Waals surface area contributed by atoms with Crippen LogP contribution in [-0.4, -0.2) is 48.7 Å². The van der Waals surface area contributed by atoms with Crippen LogP contribution in [0.25, 0.3) is 0 Å². The summed E-state index contributed by atoms with van der Waals surface area (Å²) in [5.74, 6) is 0.738. The third kappa shape index (κ3) is 6.84. The molecule has 1 fully saturated rings. The number of nitrogens with zero attached hydrogens (tertiary/aromatic N) is 5. The van der Waals surface area contributed by atoms with Crippen LogP contribution in [0.2, 0.25) is 0 Å². The van der Waals surface area contributed by atoms with Crippen molar-refractivity contribution >= 4 is 17.5 Å². The number of amides is 2. The van der Waals surface area contributed by atoms with Gasteiger partial charge in [-0.05, 0) is 85.6 Å². The lowest BCUT2D eigenvalue weighted by molar-refractivity contribution is -0.133.